The summed E-state index contributed by atoms with van der Waals surface area (Å²) in [5.41, 5.74) is 1.21. The van der Waals surface area contributed by atoms with Gasteiger partial charge in [0.1, 0.15) is 5.82 Å². The second-order valence-electron chi connectivity index (χ2n) is 7.32. The lowest BCUT2D eigenvalue weighted by Crippen LogP contribution is -2.51. The molecule has 3 rings (SSSR count). The van der Waals surface area contributed by atoms with Gasteiger partial charge in [-0.05, 0) is 50.3 Å². The fourth-order valence-electron chi connectivity index (χ4n) is 3.70. The largest absolute Gasteiger partial charge is 0.373 e. The Morgan fingerprint density at radius 3 is 2.32 bits per heavy atom. The van der Waals surface area contributed by atoms with Crippen molar-refractivity contribution in [1.82, 2.24) is 10.6 Å². The Hall–Kier alpha value is -0.890. The van der Waals surface area contributed by atoms with E-state index >= 15 is 0 Å². The molecule has 1 unspecified atom stereocenters. The molecule has 1 aromatic rings. The number of ether oxygens (including phenoxy) is 1. The minimum absolute atomic E-state index is 0. The summed E-state index contributed by atoms with van der Waals surface area (Å²) in [5, 5.41) is 6.84. The van der Waals surface area contributed by atoms with E-state index in [0.29, 0.717) is 0 Å². The van der Waals surface area contributed by atoms with Gasteiger partial charge in [-0.15, -0.1) is 24.0 Å². The molecule has 1 atom stereocenters. The van der Waals surface area contributed by atoms with Crippen molar-refractivity contribution in [2.45, 2.75) is 50.0 Å². The average molecular weight is 461 g/mol. The third-order valence-electron chi connectivity index (χ3n) is 5.52. The van der Waals surface area contributed by atoms with Crippen LogP contribution in [0.15, 0.2) is 29.3 Å². The van der Waals surface area contributed by atoms with Gasteiger partial charge >= 0.3 is 0 Å². The Bertz CT molecular complexity index is 581. The fourth-order valence-corrected chi connectivity index (χ4v) is 3.70. The van der Waals surface area contributed by atoms with Crippen molar-refractivity contribution in [2.24, 2.45) is 4.99 Å². The van der Waals surface area contributed by atoms with Gasteiger partial charge in [-0.3, -0.25) is 4.99 Å². The van der Waals surface area contributed by atoms with Crippen molar-refractivity contribution in [1.29, 1.82) is 0 Å². The first-order valence-electron chi connectivity index (χ1n) is 8.90. The van der Waals surface area contributed by atoms with E-state index in [9.17, 15) is 4.39 Å². The number of nitrogens with one attached hydrogen (secondary N) is 2. The zero-order valence-corrected chi connectivity index (χ0v) is 17.4. The van der Waals surface area contributed by atoms with Crippen LogP contribution in [-0.4, -0.2) is 38.3 Å². The van der Waals surface area contributed by atoms with Gasteiger partial charge in [0.25, 0.3) is 0 Å². The quantitative estimate of drug-likeness (QED) is 0.400. The van der Waals surface area contributed by atoms with Gasteiger partial charge in [0.2, 0.25) is 0 Å². The predicted octanol–water partition coefficient (Wildman–Crippen LogP) is 3.60. The fraction of sp³-hybridized carbons (Fsp3) is 0.632. The maximum Gasteiger partial charge on any atom is 0.191 e. The summed E-state index contributed by atoms with van der Waals surface area (Å²) in [5.74, 6) is 0.628. The van der Waals surface area contributed by atoms with Gasteiger partial charge in [-0.2, -0.15) is 0 Å². The third-order valence-corrected chi connectivity index (χ3v) is 5.52. The number of benzene rings is 1. The molecule has 0 aromatic heterocycles. The van der Waals surface area contributed by atoms with Crippen LogP contribution in [0, 0.1) is 5.82 Å². The maximum atomic E-state index is 13.2. The molecular weight excluding hydrogens is 432 g/mol. The molecule has 0 spiro atoms. The lowest BCUT2D eigenvalue weighted by Gasteiger charge is -2.43. The normalized spacial score (nSPS) is 25.0. The second kappa shape index (κ2) is 8.66. The summed E-state index contributed by atoms with van der Waals surface area (Å²) in [4.78, 5) is 4.33. The van der Waals surface area contributed by atoms with E-state index < -0.39 is 0 Å². The van der Waals surface area contributed by atoms with Crippen LogP contribution in [0.1, 0.15) is 44.6 Å². The van der Waals surface area contributed by atoms with E-state index in [-0.39, 0.29) is 40.8 Å². The summed E-state index contributed by atoms with van der Waals surface area (Å²) in [7, 11) is 1.79. The maximum absolute atomic E-state index is 13.2. The zero-order chi connectivity index (χ0) is 17.0. The summed E-state index contributed by atoms with van der Waals surface area (Å²) < 4.78 is 19.0. The van der Waals surface area contributed by atoms with Gasteiger partial charge < -0.3 is 15.4 Å². The number of aliphatic imine (C=N–C) groups is 1. The number of hydrogen-bond acceptors (Lipinski definition) is 2. The van der Waals surface area contributed by atoms with Crippen molar-refractivity contribution >= 4 is 29.9 Å². The van der Waals surface area contributed by atoms with E-state index in [1.807, 2.05) is 12.1 Å². The predicted molar refractivity (Wildman–Crippen MR) is 110 cm³/mol. The van der Waals surface area contributed by atoms with Crippen LogP contribution in [0.2, 0.25) is 0 Å². The molecule has 1 aliphatic heterocycles. The first kappa shape index (κ1) is 20.4. The molecule has 2 N–H and O–H groups in total. The molecule has 0 amide bonds. The van der Waals surface area contributed by atoms with Crippen LogP contribution in [0.4, 0.5) is 4.39 Å². The van der Waals surface area contributed by atoms with Crippen molar-refractivity contribution in [3.8, 4) is 0 Å². The monoisotopic (exact) mass is 461 g/mol. The molecule has 25 heavy (non-hydrogen) atoms. The highest BCUT2D eigenvalue weighted by Crippen LogP contribution is 2.43. The smallest absolute Gasteiger partial charge is 0.191 e. The summed E-state index contributed by atoms with van der Waals surface area (Å²) in [6.07, 6.45) is 5.68. The van der Waals surface area contributed by atoms with Crippen molar-refractivity contribution < 1.29 is 9.13 Å². The first-order valence-corrected chi connectivity index (χ1v) is 8.90. The first-order chi connectivity index (χ1) is 11.6. The van der Waals surface area contributed by atoms with Crippen LogP contribution >= 0.6 is 24.0 Å². The van der Waals surface area contributed by atoms with Crippen molar-refractivity contribution in [3.05, 3.63) is 35.6 Å². The molecule has 1 saturated carbocycles. The molecule has 2 fully saturated rings. The van der Waals surface area contributed by atoms with Gasteiger partial charge in [0, 0.05) is 32.2 Å². The lowest BCUT2D eigenvalue weighted by molar-refractivity contribution is 0.0242. The van der Waals surface area contributed by atoms with Crippen LogP contribution < -0.4 is 10.6 Å². The molecule has 0 radical (unpaired) electrons. The summed E-state index contributed by atoms with van der Waals surface area (Å²) >= 11 is 0. The van der Waals surface area contributed by atoms with Gasteiger partial charge in [-0.1, -0.05) is 18.6 Å². The molecule has 1 aromatic carbocycles. The van der Waals surface area contributed by atoms with E-state index in [1.165, 1.54) is 12.0 Å². The molecule has 140 valence electrons. The molecular formula is C19H29FIN3O. The minimum atomic E-state index is -0.177. The topological polar surface area (TPSA) is 45.7 Å². The van der Waals surface area contributed by atoms with Crippen LogP contribution in [0.5, 0.6) is 0 Å². The zero-order valence-electron chi connectivity index (χ0n) is 15.1. The van der Waals surface area contributed by atoms with E-state index in [2.05, 4.69) is 22.5 Å². The molecule has 0 bridgehead atoms. The lowest BCUT2D eigenvalue weighted by atomic mass is 9.64. The van der Waals surface area contributed by atoms with Gasteiger partial charge in [0.15, 0.2) is 5.96 Å². The standard InChI is InChI=1S/C19H28FN3O.HI/c1-18(9-4-12-24-18)13-22-17(21-2)23-14-19(10-3-11-19)15-5-7-16(20)8-6-15;/h5-8H,3-4,9-14H2,1-2H3,(H2,21,22,23);1H. The van der Waals surface area contributed by atoms with Crippen molar-refractivity contribution in [3.63, 3.8) is 0 Å². The molecule has 2 aliphatic rings. The van der Waals surface area contributed by atoms with Gasteiger partial charge in [-0.25, -0.2) is 4.39 Å². The summed E-state index contributed by atoms with van der Waals surface area (Å²) in [6.45, 7) is 4.57. The Labute approximate surface area is 167 Å². The average Bonchev–Trinajstić information content (AvgIpc) is 2.97. The number of hydrogen-bond donors (Lipinski definition) is 2. The van der Waals surface area contributed by atoms with E-state index in [0.717, 1.165) is 51.3 Å². The summed E-state index contributed by atoms with van der Waals surface area (Å²) in [6, 6.07) is 6.95. The number of rotatable bonds is 5. The number of halogens is 2. The van der Waals surface area contributed by atoms with E-state index in [4.69, 9.17) is 4.74 Å². The molecule has 1 saturated heterocycles. The SMILES string of the molecule is CN=C(NCC1(C)CCCO1)NCC1(c2ccc(F)cc2)CCC1.I. The molecule has 1 aliphatic carbocycles. The highest BCUT2D eigenvalue weighted by Gasteiger charge is 2.38. The van der Waals surface area contributed by atoms with Gasteiger partial charge in [0.05, 0.1) is 5.60 Å². The highest BCUT2D eigenvalue weighted by molar-refractivity contribution is 14.0. The number of guanidine groups is 1. The van der Waals surface area contributed by atoms with Crippen LogP contribution in [0.3, 0.4) is 0 Å². The third kappa shape index (κ3) is 4.84. The number of nitrogens with zero attached hydrogens (tertiary/aromatic N) is 1. The molecule has 4 nitrogen and oxygen atoms in total. The van der Waals surface area contributed by atoms with Crippen LogP contribution in [0.25, 0.3) is 0 Å². The minimum Gasteiger partial charge on any atom is -0.373 e. The van der Waals surface area contributed by atoms with E-state index in [1.54, 1.807) is 19.2 Å². The second-order valence-corrected chi connectivity index (χ2v) is 7.32. The molecule has 1 heterocycles. The Morgan fingerprint density at radius 2 is 1.80 bits per heavy atom. The Morgan fingerprint density at radius 1 is 1.12 bits per heavy atom. The molecule has 6 heteroatoms. The van der Waals surface area contributed by atoms with Crippen molar-refractivity contribution in [2.75, 3.05) is 26.7 Å². The van der Waals surface area contributed by atoms with Crippen LogP contribution in [-0.2, 0) is 10.2 Å². The Kier molecular flexibility index (Phi) is 7.08. The highest BCUT2D eigenvalue weighted by atomic mass is 127. The Balaban J connectivity index is 0.00000225.